The Balaban J connectivity index is 1.42. The topological polar surface area (TPSA) is 91.4 Å². The van der Waals surface area contributed by atoms with Gasteiger partial charge >= 0.3 is 6.18 Å². The summed E-state index contributed by atoms with van der Waals surface area (Å²) in [5.41, 5.74) is 2.47. The fraction of sp³-hybridized carbons (Fsp3) is 0.615. The van der Waals surface area contributed by atoms with Crippen LogP contribution < -0.4 is 14.4 Å². The Labute approximate surface area is 317 Å². The largest absolute Gasteiger partial charge is 0.487 e. The number of halogens is 4. The molecule has 1 aliphatic carbocycles. The van der Waals surface area contributed by atoms with E-state index < -0.39 is 39.5 Å². The van der Waals surface area contributed by atoms with Crippen LogP contribution in [0.4, 0.5) is 18.9 Å². The van der Waals surface area contributed by atoms with Gasteiger partial charge in [-0.1, -0.05) is 36.7 Å². The first-order chi connectivity index (χ1) is 25.1. The summed E-state index contributed by atoms with van der Waals surface area (Å²) in [6.07, 6.45) is 5.37. The number of ether oxygens (including phenoxy) is 2. The number of hydrogen-bond donors (Lipinski definition) is 1. The first-order valence-electron chi connectivity index (χ1n) is 18.7. The number of methoxy groups -OCH3 is 1. The third-order valence-corrected chi connectivity index (χ3v) is 12.9. The summed E-state index contributed by atoms with van der Waals surface area (Å²) in [5.74, 6) is 0.235. The molecule has 5 rings (SSSR count). The van der Waals surface area contributed by atoms with E-state index in [0.29, 0.717) is 63.2 Å². The van der Waals surface area contributed by atoms with Crippen LogP contribution in [0.25, 0.3) is 0 Å². The van der Waals surface area contributed by atoms with Crippen LogP contribution in [0.5, 0.6) is 5.75 Å². The van der Waals surface area contributed by atoms with Crippen LogP contribution >= 0.6 is 11.6 Å². The number of amides is 1. The fourth-order valence-electron chi connectivity index (χ4n) is 7.70. The van der Waals surface area contributed by atoms with E-state index in [1.54, 1.807) is 25.3 Å². The van der Waals surface area contributed by atoms with E-state index in [9.17, 15) is 26.4 Å². The predicted octanol–water partition coefficient (Wildman–Crippen LogP) is 7.09. The minimum atomic E-state index is -4.22. The lowest BCUT2D eigenvalue weighted by atomic mass is 9.64. The van der Waals surface area contributed by atoms with Crippen molar-refractivity contribution >= 4 is 33.2 Å². The molecule has 2 aliphatic heterocycles. The Morgan fingerprint density at radius 1 is 1.02 bits per heavy atom. The standard InChI is InChI=1S/C39H54ClF3N4O5S/c1-5-6-16-38(51-4,26-45-18-20-46(21-19-45)27-39(41,42)43)34-14-11-31(34)24-47-17-8-7-9-29-22-33(40)13-10-32(29)25-52-36-15-12-30(23-35(36)47)37(48)44-53(49,50)28(2)3/h6,10,12-13,15-16,22-23,28,31,34H,5,7-9,11,14,17-21,24-27H2,1-4H3,(H,44,48)/b16-6+/t31-,34+,38-/m0/s1. The number of sulfonamides is 1. The van der Waals surface area contributed by atoms with Crippen molar-refractivity contribution < 1.29 is 35.9 Å². The lowest BCUT2D eigenvalue weighted by Crippen LogP contribution is -2.59. The van der Waals surface area contributed by atoms with Gasteiger partial charge in [0.15, 0.2) is 0 Å². The molecule has 294 valence electrons. The number of anilines is 1. The van der Waals surface area contributed by atoms with Crippen LogP contribution in [-0.4, -0.2) is 101 Å². The van der Waals surface area contributed by atoms with E-state index in [4.69, 9.17) is 21.1 Å². The van der Waals surface area contributed by atoms with Crippen molar-refractivity contribution in [2.75, 3.05) is 64.4 Å². The second-order valence-corrected chi connectivity index (χ2v) is 17.6. The highest BCUT2D eigenvalue weighted by molar-refractivity contribution is 7.90. The molecule has 2 heterocycles. The van der Waals surface area contributed by atoms with Crippen LogP contribution in [0, 0.1) is 11.8 Å². The van der Waals surface area contributed by atoms with E-state index in [2.05, 4.69) is 33.6 Å². The lowest BCUT2D eigenvalue weighted by Gasteiger charge is -2.52. The molecule has 0 aromatic heterocycles. The number of rotatable bonds is 12. The maximum atomic E-state index is 13.3. The van der Waals surface area contributed by atoms with Crippen LogP contribution in [-0.2, 0) is 27.8 Å². The van der Waals surface area contributed by atoms with E-state index >= 15 is 0 Å². The van der Waals surface area contributed by atoms with Gasteiger partial charge in [0, 0.05) is 63.5 Å². The number of piperazine rings is 1. The minimum Gasteiger partial charge on any atom is -0.487 e. The van der Waals surface area contributed by atoms with Crippen molar-refractivity contribution in [1.82, 2.24) is 14.5 Å². The maximum absolute atomic E-state index is 13.3. The van der Waals surface area contributed by atoms with E-state index in [-0.39, 0.29) is 17.4 Å². The predicted molar refractivity (Wildman–Crippen MR) is 203 cm³/mol. The summed E-state index contributed by atoms with van der Waals surface area (Å²) >= 11 is 6.37. The van der Waals surface area contributed by atoms with Gasteiger partial charge in [-0.25, -0.2) is 13.1 Å². The average molecular weight is 783 g/mol. The number of carbonyl (C=O) groups excluding carboxylic acids is 1. The third-order valence-electron chi connectivity index (χ3n) is 10.9. The second kappa shape index (κ2) is 17.7. The summed E-state index contributed by atoms with van der Waals surface area (Å²) in [6.45, 7) is 8.18. The van der Waals surface area contributed by atoms with Crippen LogP contribution in [0.15, 0.2) is 48.6 Å². The maximum Gasteiger partial charge on any atom is 0.401 e. The molecule has 2 fully saturated rings. The van der Waals surface area contributed by atoms with Crippen molar-refractivity contribution in [2.24, 2.45) is 11.8 Å². The number of carbonyl (C=O) groups is 1. The molecule has 0 unspecified atom stereocenters. The first-order valence-corrected chi connectivity index (χ1v) is 20.6. The molecule has 2 aromatic carbocycles. The van der Waals surface area contributed by atoms with E-state index in [1.165, 1.54) is 18.7 Å². The smallest absolute Gasteiger partial charge is 0.401 e. The summed E-state index contributed by atoms with van der Waals surface area (Å²) in [5, 5.41) is -0.104. The quantitative estimate of drug-likeness (QED) is 0.229. The number of benzene rings is 2. The molecule has 0 spiro atoms. The molecule has 2 aromatic rings. The Hall–Kier alpha value is -2.84. The minimum absolute atomic E-state index is 0.139. The average Bonchev–Trinajstić information content (AvgIpc) is 3.12. The molecular weight excluding hydrogens is 729 g/mol. The zero-order valence-electron chi connectivity index (χ0n) is 31.3. The third kappa shape index (κ3) is 10.7. The van der Waals surface area contributed by atoms with Gasteiger partial charge < -0.3 is 14.4 Å². The molecule has 53 heavy (non-hydrogen) atoms. The Kier molecular flexibility index (Phi) is 13.8. The van der Waals surface area contributed by atoms with Gasteiger partial charge in [-0.05, 0) is 106 Å². The van der Waals surface area contributed by atoms with E-state index in [0.717, 1.165) is 55.3 Å². The van der Waals surface area contributed by atoms with Gasteiger partial charge in [-0.3, -0.25) is 14.6 Å². The van der Waals surface area contributed by atoms with Crippen LogP contribution in [0.3, 0.4) is 0 Å². The van der Waals surface area contributed by atoms with Gasteiger partial charge in [0.05, 0.1) is 17.5 Å². The second-order valence-electron chi connectivity index (χ2n) is 14.9. The highest BCUT2D eigenvalue weighted by Crippen LogP contribution is 2.46. The molecule has 3 aliphatic rings. The molecule has 0 radical (unpaired) electrons. The summed E-state index contributed by atoms with van der Waals surface area (Å²) in [4.78, 5) is 19.3. The van der Waals surface area contributed by atoms with Crippen molar-refractivity contribution in [3.63, 3.8) is 0 Å². The van der Waals surface area contributed by atoms with Crippen molar-refractivity contribution in [3.05, 3.63) is 70.3 Å². The van der Waals surface area contributed by atoms with Crippen molar-refractivity contribution in [1.29, 1.82) is 0 Å². The molecule has 1 saturated heterocycles. The summed E-state index contributed by atoms with van der Waals surface area (Å²) in [6, 6.07) is 10.9. The fourth-order valence-corrected chi connectivity index (χ4v) is 8.51. The van der Waals surface area contributed by atoms with Gasteiger partial charge in [0.1, 0.15) is 18.0 Å². The van der Waals surface area contributed by atoms with E-state index in [1.807, 2.05) is 18.2 Å². The normalized spacial score (nSPS) is 21.9. The molecule has 9 nitrogen and oxygen atoms in total. The zero-order valence-corrected chi connectivity index (χ0v) is 32.8. The van der Waals surface area contributed by atoms with Gasteiger partial charge in [-0.2, -0.15) is 13.2 Å². The Morgan fingerprint density at radius 2 is 1.74 bits per heavy atom. The monoisotopic (exact) mass is 782 g/mol. The van der Waals surface area contributed by atoms with Gasteiger partial charge in [0.25, 0.3) is 5.91 Å². The SMILES string of the molecule is CC/C=C/[C@@](CN1CCN(CC(F)(F)F)CC1)(OC)[C@@H]1CC[C@H]1CN1CCCCc2cc(Cl)ccc2COc2ccc(C(=O)NS(=O)(=O)C(C)C)cc21. The van der Waals surface area contributed by atoms with Crippen LogP contribution in [0.1, 0.15) is 74.4 Å². The molecule has 1 saturated carbocycles. The Morgan fingerprint density at radius 3 is 2.36 bits per heavy atom. The zero-order chi connectivity index (χ0) is 38.4. The molecule has 0 bridgehead atoms. The number of alkyl halides is 3. The molecule has 1 N–H and O–H groups in total. The number of nitrogens with one attached hydrogen (secondary N) is 1. The summed E-state index contributed by atoms with van der Waals surface area (Å²) < 4.78 is 79.6. The highest BCUT2D eigenvalue weighted by Gasteiger charge is 2.48. The molecular formula is C39H54ClF3N4O5S. The van der Waals surface area contributed by atoms with Gasteiger partial charge in [0.2, 0.25) is 10.0 Å². The molecule has 3 atom stereocenters. The Bertz CT molecular complexity index is 1700. The number of fused-ring (bicyclic) bond motifs is 2. The van der Waals surface area contributed by atoms with Crippen LogP contribution in [0.2, 0.25) is 5.02 Å². The van der Waals surface area contributed by atoms with Crippen molar-refractivity contribution in [3.8, 4) is 5.75 Å². The van der Waals surface area contributed by atoms with Crippen molar-refractivity contribution in [2.45, 2.75) is 82.9 Å². The number of hydrogen-bond acceptors (Lipinski definition) is 8. The number of aryl methyl sites for hydroxylation is 1. The number of allylic oxidation sites excluding steroid dienone is 1. The lowest BCUT2D eigenvalue weighted by molar-refractivity contribution is -0.151. The number of nitrogens with zero attached hydrogens (tertiary/aromatic N) is 3. The molecule has 14 heteroatoms. The molecule has 1 amide bonds. The highest BCUT2D eigenvalue weighted by atomic mass is 35.5. The first kappa shape index (κ1) is 41.3. The van der Waals surface area contributed by atoms with Gasteiger partial charge in [-0.15, -0.1) is 0 Å². The summed E-state index contributed by atoms with van der Waals surface area (Å²) in [7, 11) is -2.12.